The van der Waals surface area contributed by atoms with E-state index in [-0.39, 0.29) is 5.97 Å². The standard InChI is InChI=1S/C11H22O2/c1-6-13-10(12)7-9(2)8-11(3,4)5/h9H,6-8H2,1-5H3. The first kappa shape index (κ1) is 12.5. The summed E-state index contributed by atoms with van der Waals surface area (Å²) in [6.45, 7) is 11.0. The van der Waals surface area contributed by atoms with E-state index in [0.717, 1.165) is 6.42 Å². The van der Waals surface area contributed by atoms with Crippen LogP contribution in [0.3, 0.4) is 0 Å². The summed E-state index contributed by atoms with van der Waals surface area (Å²) in [5.41, 5.74) is 0.298. The summed E-state index contributed by atoms with van der Waals surface area (Å²) in [5.74, 6) is 0.346. The van der Waals surface area contributed by atoms with Gasteiger partial charge < -0.3 is 4.74 Å². The van der Waals surface area contributed by atoms with Crippen LogP contribution >= 0.6 is 0 Å². The van der Waals surface area contributed by atoms with E-state index >= 15 is 0 Å². The van der Waals surface area contributed by atoms with Crippen molar-refractivity contribution in [1.29, 1.82) is 0 Å². The van der Waals surface area contributed by atoms with Crippen LogP contribution in [0.25, 0.3) is 0 Å². The van der Waals surface area contributed by atoms with Gasteiger partial charge in [0.25, 0.3) is 0 Å². The number of carbonyl (C=O) groups excluding carboxylic acids is 1. The topological polar surface area (TPSA) is 26.3 Å². The van der Waals surface area contributed by atoms with E-state index in [1.807, 2.05) is 6.92 Å². The molecule has 0 spiro atoms. The zero-order valence-electron chi connectivity index (χ0n) is 9.52. The van der Waals surface area contributed by atoms with E-state index in [0.29, 0.717) is 24.4 Å². The number of hydrogen-bond acceptors (Lipinski definition) is 2. The highest BCUT2D eigenvalue weighted by Gasteiger charge is 2.17. The second-order valence-corrected chi connectivity index (χ2v) is 4.88. The van der Waals surface area contributed by atoms with Gasteiger partial charge in [-0.3, -0.25) is 4.79 Å². The summed E-state index contributed by atoms with van der Waals surface area (Å²) in [4.78, 5) is 11.1. The van der Waals surface area contributed by atoms with E-state index in [1.54, 1.807) is 0 Å². The van der Waals surface area contributed by atoms with Crippen molar-refractivity contribution in [2.75, 3.05) is 6.61 Å². The maximum atomic E-state index is 11.1. The molecule has 78 valence electrons. The first-order valence-electron chi connectivity index (χ1n) is 5.00. The molecule has 0 N–H and O–H groups in total. The van der Waals surface area contributed by atoms with Crippen LogP contribution in [-0.2, 0) is 9.53 Å². The molecule has 0 aromatic carbocycles. The van der Waals surface area contributed by atoms with E-state index in [4.69, 9.17) is 4.74 Å². The predicted octanol–water partition coefficient (Wildman–Crippen LogP) is 3.01. The molecule has 0 aliphatic carbocycles. The minimum atomic E-state index is -0.0701. The summed E-state index contributed by atoms with van der Waals surface area (Å²) < 4.78 is 4.89. The maximum Gasteiger partial charge on any atom is 0.306 e. The molecule has 0 saturated carbocycles. The molecular formula is C11H22O2. The molecule has 0 aromatic heterocycles. The van der Waals surface area contributed by atoms with Gasteiger partial charge in [0.15, 0.2) is 0 Å². The molecule has 0 heterocycles. The Morgan fingerprint density at radius 1 is 1.38 bits per heavy atom. The largest absolute Gasteiger partial charge is 0.466 e. The van der Waals surface area contributed by atoms with Gasteiger partial charge in [0.2, 0.25) is 0 Å². The van der Waals surface area contributed by atoms with Gasteiger partial charge in [-0.25, -0.2) is 0 Å². The summed E-state index contributed by atoms with van der Waals surface area (Å²) in [7, 11) is 0. The van der Waals surface area contributed by atoms with Gasteiger partial charge >= 0.3 is 5.97 Å². The molecule has 0 aliphatic rings. The summed E-state index contributed by atoms with van der Waals surface area (Å²) in [6.07, 6.45) is 1.61. The third-order valence-electron chi connectivity index (χ3n) is 1.78. The molecule has 2 nitrogen and oxygen atoms in total. The van der Waals surface area contributed by atoms with Crippen molar-refractivity contribution in [3.63, 3.8) is 0 Å². The molecule has 0 amide bonds. The van der Waals surface area contributed by atoms with Gasteiger partial charge in [-0.05, 0) is 24.7 Å². The summed E-state index contributed by atoms with van der Waals surface area (Å²) >= 11 is 0. The minimum Gasteiger partial charge on any atom is -0.466 e. The van der Waals surface area contributed by atoms with Crippen molar-refractivity contribution < 1.29 is 9.53 Å². The summed E-state index contributed by atoms with van der Waals surface area (Å²) in [5, 5.41) is 0. The second kappa shape index (κ2) is 5.25. The van der Waals surface area contributed by atoms with Crippen LogP contribution in [0, 0.1) is 11.3 Å². The molecule has 1 atom stereocenters. The Balaban J connectivity index is 3.74. The highest BCUT2D eigenvalue weighted by Crippen LogP contribution is 2.25. The molecule has 0 bridgehead atoms. The van der Waals surface area contributed by atoms with Gasteiger partial charge in [0.05, 0.1) is 6.61 Å². The van der Waals surface area contributed by atoms with Crippen LogP contribution in [0.2, 0.25) is 0 Å². The molecule has 0 saturated heterocycles. The fourth-order valence-corrected chi connectivity index (χ4v) is 1.62. The van der Waals surface area contributed by atoms with Crippen molar-refractivity contribution >= 4 is 5.97 Å². The molecule has 0 rings (SSSR count). The Morgan fingerprint density at radius 2 is 1.92 bits per heavy atom. The first-order chi connectivity index (χ1) is 5.85. The van der Waals surface area contributed by atoms with E-state index < -0.39 is 0 Å². The molecular weight excluding hydrogens is 164 g/mol. The highest BCUT2D eigenvalue weighted by molar-refractivity contribution is 5.69. The van der Waals surface area contributed by atoms with E-state index in [2.05, 4.69) is 27.7 Å². The number of ether oxygens (including phenoxy) is 1. The third-order valence-corrected chi connectivity index (χ3v) is 1.78. The van der Waals surface area contributed by atoms with Gasteiger partial charge in [-0.1, -0.05) is 27.7 Å². The average molecular weight is 186 g/mol. The normalized spacial score (nSPS) is 13.9. The highest BCUT2D eigenvalue weighted by atomic mass is 16.5. The van der Waals surface area contributed by atoms with Crippen molar-refractivity contribution in [3.05, 3.63) is 0 Å². The van der Waals surface area contributed by atoms with Crippen molar-refractivity contribution in [1.82, 2.24) is 0 Å². The zero-order valence-corrected chi connectivity index (χ0v) is 9.52. The second-order valence-electron chi connectivity index (χ2n) is 4.88. The van der Waals surface area contributed by atoms with Crippen LogP contribution in [-0.4, -0.2) is 12.6 Å². The average Bonchev–Trinajstić information content (AvgIpc) is 1.81. The minimum absolute atomic E-state index is 0.0701. The smallest absolute Gasteiger partial charge is 0.306 e. The molecule has 0 fully saturated rings. The van der Waals surface area contributed by atoms with Crippen molar-refractivity contribution in [3.8, 4) is 0 Å². The molecule has 0 aromatic rings. The third kappa shape index (κ3) is 7.82. The Morgan fingerprint density at radius 3 is 2.31 bits per heavy atom. The lowest BCUT2D eigenvalue weighted by atomic mass is 9.84. The van der Waals surface area contributed by atoms with Crippen LogP contribution in [0.1, 0.15) is 47.5 Å². The Bertz CT molecular complexity index is 156. The first-order valence-corrected chi connectivity index (χ1v) is 5.00. The quantitative estimate of drug-likeness (QED) is 0.631. The number of esters is 1. The maximum absolute atomic E-state index is 11.1. The molecule has 0 aliphatic heterocycles. The van der Waals surface area contributed by atoms with E-state index in [9.17, 15) is 4.79 Å². The fraction of sp³-hybridized carbons (Fsp3) is 0.909. The molecule has 2 heteroatoms. The molecule has 13 heavy (non-hydrogen) atoms. The predicted molar refractivity (Wildman–Crippen MR) is 54.5 cm³/mol. The zero-order chi connectivity index (χ0) is 10.5. The van der Waals surface area contributed by atoms with Crippen molar-refractivity contribution in [2.45, 2.75) is 47.5 Å². The Kier molecular flexibility index (Phi) is 5.04. The Hall–Kier alpha value is -0.530. The lowest BCUT2D eigenvalue weighted by Gasteiger charge is -2.22. The van der Waals surface area contributed by atoms with Crippen molar-refractivity contribution in [2.24, 2.45) is 11.3 Å². The number of rotatable bonds is 4. The van der Waals surface area contributed by atoms with E-state index in [1.165, 1.54) is 0 Å². The SMILES string of the molecule is CCOC(=O)CC(C)CC(C)(C)C. The Labute approximate surface area is 81.7 Å². The number of carbonyl (C=O) groups is 1. The van der Waals surface area contributed by atoms with Crippen LogP contribution < -0.4 is 0 Å². The van der Waals surface area contributed by atoms with Crippen LogP contribution in [0.5, 0.6) is 0 Å². The van der Waals surface area contributed by atoms with Gasteiger partial charge in [0.1, 0.15) is 0 Å². The molecule has 0 radical (unpaired) electrons. The number of hydrogen-bond donors (Lipinski definition) is 0. The monoisotopic (exact) mass is 186 g/mol. The summed E-state index contributed by atoms with van der Waals surface area (Å²) in [6, 6.07) is 0. The van der Waals surface area contributed by atoms with Gasteiger partial charge in [-0.15, -0.1) is 0 Å². The lowest BCUT2D eigenvalue weighted by molar-refractivity contribution is -0.144. The lowest BCUT2D eigenvalue weighted by Crippen LogP contribution is -2.15. The van der Waals surface area contributed by atoms with Crippen LogP contribution in [0.4, 0.5) is 0 Å². The van der Waals surface area contributed by atoms with Crippen LogP contribution in [0.15, 0.2) is 0 Å². The van der Waals surface area contributed by atoms with Gasteiger partial charge in [0, 0.05) is 6.42 Å². The fourth-order valence-electron chi connectivity index (χ4n) is 1.62. The van der Waals surface area contributed by atoms with Gasteiger partial charge in [-0.2, -0.15) is 0 Å². The molecule has 1 unspecified atom stereocenters.